The summed E-state index contributed by atoms with van der Waals surface area (Å²) in [6, 6.07) is -0.372. The number of unbranched alkanes of at least 4 members (excludes halogenated alkanes) is 1. The van der Waals surface area contributed by atoms with Crippen molar-refractivity contribution < 1.29 is 14.3 Å². The third-order valence-electron chi connectivity index (χ3n) is 2.77. The second-order valence-corrected chi connectivity index (χ2v) is 4.61. The molecule has 0 spiro atoms. The highest BCUT2D eigenvalue weighted by Gasteiger charge is 2.19. The maximum absolute atomic E-state index is 11.9. The molecule has 2 amide bonds. The monoisotopic (exact) mass is 296 g/mol. The van der Waals surface area contributed by atoms with E-state index in [1.54, 1.807) is 17.8 Å². The molecule has 1 aromatic heterocycles. The van der Waals surface area contributed by atoms with Gasteiger partial charge in [0.25, 0.3) is 0 Å². The topological polar surface area (TPSA) is 85.2 Å². The van der Waals surface area contributed by atoms with Crippen LogP contribution >= 0.6 is 0 Å². The van der Waals surface area contributed by atoms with E-state index in [1.807, 2.05) is 6.92 Å². The molecule has 0 atom stereocenters. The van der Waals surface area contributed by atoms with Crippen molar-refractivity contribution in [3.05, 3.63) is 11.8 Å². The SMILES string of the molecule is CCCCn1cc(C(=O)OCC)c(NC(=O)NCCC)n1. The Morgan fingerprint density at radius 3 is 2.67 bits per heavy atom. The van der Waals surface area contributed by atoms with E-state index >= 15 is 0 Å². The second-order valence-electron chi connectivity index (χ2n) is 4.61. The number of hydrogen-bond donors (Lipinski definition) is 2. The fourth-order valence-electron chi connectivity index (χ4n) is 1.70. The van der Waals surface area contributed by atoms with E-state index in [0.29, 0.717) is 13.1 Å². The fraction of sp³-hybridized carbons (Fsp3) is 0.643. The van der Waals surface area contributed by atoms with Gasteiger partial charge in [0, 0.05) is 19.3 Å². The van der Waals surface area contributed by atoms with Crippen LogP contribution in [0.1, 0.15) is 50.4 Å². The molecule has 1 heterocycles. The van der Waals surface area contributed by atoms with Gasteiger partial charge in [-0.05, 0) is 19.8 Å². The van der Waals surface area contributed by atoms with Gasteiger partial charge in [0.1, 0.15) is 5.56 Å². The largest absolute Gasteiger partial charge is 0.462 e. The van der Waals surface area contributed by atoms with Crippen molar-refractivity contribution in [1.29, 1.82) is 0 Å². The molecule has 118 valence electrons. The second kappa shape index (κ2) is 8.99. The van der Waals surface area contributed by atoms with Crippen LogP contribution in [0.25, 0.3) is 0 Å². The van der Waals surface area contributed by atoms with Crippen LogP contribution in [0.3, 0.4) is 0 Å². The zero-order valence-corrected chi connectivity index (χ0v) is 12.9. The molecule has 0 fully saturated rings. The van der Waals surface area contributed by atoms with Gasteiger partial charge < -0.3 is 10.1 Å². The van der Waals surface area contributed by atoms with Crippen LogP contribution in [0, 0.1) is 0 Å². The van der Waals surface area contributed by atoms with E-state index in [-0.39, 0.29) is 24.0 Å². The Balaban J connectivity index is 2.84. The van der Waals surface area contributed by atoms with Crippen LogP contribution in [0.15, 0.2) is 6.20 Å². The number of rotatable bonds is 8. The number of nitrogens with zero attached hydrogens (tertiary/aromatic N) is 2. The van der Waals surface area contributed by atoms with Crippen LogP contribution in [0.4, 0.5) is 10.6 Å². The van der Waals surface area contributed by atoms with E-state index in [4.69, 9.17) is 4.74 Å². The van der Waals surface area contributed by atoms with Gasteiger partial charge in [0.15, 0.2) is 5.82 Å². The Kier molecular flexibility index (Phi) is 7.28. The van der Waals surface area contributed by atoms with Crippen LogP contribution in [0.5, 0.6) is 0 Å². The van der Waals surface area contributed by atoms with E-state index in [2.05, 4.69) is 22.7 Å². The van der Waals surface area contributed by atoms with Gasteiger partial charge >= 0.3 is 12.0 Å². The molecule has 1 aromatic rings. The summed E-state index contributed by atoms with van der Waals surface area (Å²) in [7, 11) is 0. The Morgan fingerprint density at radius 1 is 1.29 bits per heavy atom. The van der Waals surface area contributed by atoms with Gasteiger partial charge in [0.2, 0.25) is 0 Å². The lowest BCUT2D eigenvalue weighted by molar-refractivity contribution is 0.0527. The lowest BCUT2D eigenvalue weighted by Gasteiger charge is -2.05. The maximum atomic E-state index is 11.9. The highest BCUT2D eigenvalue weighted by Crippen LogP contribution is 2.15. The van der Waals surface area contributed by atoms with Crippen molar-refractivity contribution in [2.45, 2.75) is 46.6 Å². The first-order valence-corrected chi connectivity index (χ1v) is 7.41. The molecule has 0 unspecified atom stereocenters. The van der Waals surface area contributed by atoms with Crippen molar-refractivity contribution in [2.24, 2.45) is 0 Å². The molecule has 7 nitrogen and oxygen atoms in total. The number of amides is 2. The van der Waals surface area contributed by atoms with Gasteiger partial charge in [-0.15, -0.1) is 0 Å². The first-order valence-electron chi connectivity index (χ1n) is 7.41. The third-order valence-corrected chi connectivity index (χ3v) is 2.77. The molecule has 0 bridgehead atoms. The van der Waals surface area contributed by atoms with Crippen LogP contribution in [0.2, 0.25) is 0 Å². The number of aryl methyl sites for hydroxylation is 1. The normalized spacial score (nSPS) is 10.2. The summed E-state index contributed by atoms with van der Waals surface area (Å²) >= 11 is 0. The molecule has 0 saturated carbocycles. The predicted molar refractivity (Wildman–Crippen MR) is 80.4 cm³/mol. The average molecular weight is 296 g/mol. The molecular weight excluding hydrogens is 272 g/mol. The van der Waals surface area contributed by atoms with Gasteiger partial charge in [-0.3, -0.25) is 10.00 Å². The summed E-state index contributed by atoms with van der Waals surface area (Å²) in [5.41, 5.74) is 0.277. The van der Waals surface area contributed by atoms with Crippen molar-refractivity contribution in [3.8, 4) is 0 Å². The molecule has 7 heteroatoms. The van der Waals surface area contributed by atoms with E-state index in [9.17, 15) is 9.59 Å². The Bertz CT molecular complexity index is 471. The molecular formula is C14H24N4O3. The van der Waals surface area contributed by atoms with Gasteiger partial charge in [0.05, 0.1) is 6.61 Å². The zero-order valence-electron chi connectivity index (χ0n) is 12.9. The lowest BCUT2D eigenvalue weighted by atomic mass is 10.3. The maximum Gasteiger partial charge on any atom is 0.343 e. The van der Waals surface area contributed by atoms with Gasteiger partial charge in [-0.25, -0.2) is 9.59 Å². The summed E-state index contributed by atoms with van der Waals surface area (Å²) in [6.45, 7) is 7.32. The summed E-state index contributed by atoms with van der Waals surface area (Å²) in [4.78, 5) is 23.6. The molecule has 0 radical (unpaired) electrons. The minimum absolute atomic E-state index is 0.234. The molecule has 21 heavy (non-hydrogen) atoms. The number of nitrogens with one attached hydrogen (secondary N) is 2. The van der Waals surface area contributed by atoms with Crippen molar-refractivity contribution in [3.63, 3.8) is 0 Å². The van der Waals surface area contributed by atoms with E-state index in [0.717, 1.165) is 19.3 Å². The summed E-state index contributed by atoms with van der Waals surface area (Å²) < 4.78 is 6.64. The zero-order chi connectivity index (χ0) is 15.7. The van der Waals surface area contributed by atoms with Crippen molar-refractivity contribution in [1.82, 2.24) is 15.1 Å². The number of ether oxygens (including phenoxy) is 1. The fourth-order valence-corrected chi connectivity index (χ4v) is 1.70. The van der Waals surface area contributed by atoms with Crippen molar-refractivity contribution in [2.75, 3.05) is 18.5 Å². The lowest BCUT2D eigenvalue weighted by Crippen LogP contribution is -2.30. The molecule has 0 aromatic carbocycles. The van der Waals surface area contributed by atoms with Crippen LogP contribution < -0.4 is 10.6 Å². The highest BCUT2D eigenvalue weighted by atomic mass is 16.5. The first kappa shape index (κ1) is 17.0. The third kappa shape index (κ3) is 5.45. The number of esters is 1. The minimum Gasteiger partial charge on any atom is -0.462 e. The first-order chi connectivity index (χ1) is 10.1. The van der Waals surface area contributed by atoms with Crippen LogP contribution in [-0.4, -0.2) is 34.9 Å². The Labute approximate surface area is 125 Å². The van der Waals surface area contributed by atoms with E-state index in [1.165, 1.54) is 0 Å². The van der Waals surface area contributed by atoms with Crippen LogP contribution in [-0.2, 0) is 11.3 Å². The number of hydrogen-bond acceptors (Lipinski definition) is 4. The number of anilines is 1. The highest BCUT2D eigenvalue weighted by molar-refractivity contribution is 5.99. The average Bonchev–Trinajstić information content (AvgIpc) is 2.86. The summed E-state index contributed by atoms with van der Waals surface area (Å²) in [6.07, 6.45) is 4.42. The Morgan fingerprint density at radius 2 is 2.05 bits per heavy atom. The molecule has 0 saturated heterocycles. The number of carbonyl (C=O) groups is 2. The van der Waals surface area contributed by atoms with Gasteiger partial charge in [-0.1, -0.05) is 20.3 Å². The number of urea groups is 1. The molecule has 1 rings (SSSR count). The molecule has 0 aliphatic carbocycles. The number of aromatic nitrogens is 2. The summed E-state index contributed by atoms with van der Waals surface area (Å²) in [5.74, 6) is -0.246. The molecule has 2 N–H and O–H groups in total. The van der Waals surface area contributed by atoms with Gasteiger partial charge in [-0.2, -0.15) is 5.10 Å². The van der Waals surface area contributed by atoms with E-state index < -0.39 is 5.97 Å². The quantitative estimate of drug-likeness (QED) is 0.721. The summed E-state index contributed by atoms with van der Waals surface area (Å²) in [5, 5.41) is 9.52. The minimum atomic E-state index is -0.481. The molecule has 0 aliphatic heterocycles. The standard InChI is InChI=1S/C14H24N4O3/c1-4-7-9-18-10-11(13(19)21-6-3)12(17-18)16-14(20)15-8-5-2/h10H,4-9H2,1-3H3,(H2,15,16,17,20). The predicted octanol–water partition coefficient (Wildman–Crippen LogP) is 2.39. The number of carbonyl (C=O) groups excluding carboxylic acids is 2. The Hall–Kier alpha value is -2.05. The molecule has 0 aliphatic rings. The smallest absolute Gasteiger partial charge is 0.343 e. The van der Waals surface area contributed by atoms with Crippen molar-refractivity contribution >= 4 is 17.8 Å².